The van der Waals surface area contributed by atoms with E-state index in [-0.39, 0.29) is 5.78 Å². The second-order valence-corrected chi connectivity index (χ2v) is 3.77. The second kappa shape index (κ2) is 7.17. The summed E-state index contributed by atoms with van der Waals surface area (Å²) in [6.07, 6.45) is 0.334. The standard InChI is InChI=1S/C13H17ClO3/c1-3-16-12-6-5-10(11(15)7-8-14)9-13(12)17-4-2/h5-6,9H,3-4,7-8H2,1-2H3. The first-order valence-electron chi connectivity index (χ1n) is 5.71. The fourth-order valence-electron chi connectivity index (χ4n) is 1.45. The van der Waals surface area contributed by atoms with Crippen LogP contribution in [0.5, 0.6) is 11.5 Å². The summed E-state index contributed by atoms with van der Waals surface area (Å²) in [6, 6.07) is 5.21. The van der Waals surface area contributed by atoms with Gasteiger partial charge < -0.3 is 9.47 Å². The molecule has 0 aliphatic heterocycles. The molecule has 94 valence electrons. The van der Waals surface area contributed by atoms with Gasteiger partial charge in [0.25, 0.3) is 0 Å². The van der Waals surface area contributed by atoms with Crippen LogP contribution in [0.2, 0.25) is 0 Å². The summed E-state index contributed by atoms with van der Waals surface area (Å²) in [6.45, 7) is 4.90. The van der Waals surface area contributed by atoms with Crippen LogP contribution < -0.4 is 9.47 Å². The molecule has 0 spiro atoms. The third-order valence-corrected chi connectivity index (χ3v) is 2.38. The highest BCUT2D eigenvalue weighted by molar-refractivity contribution is 6.19. The Kier molecular flexibility index (Phi) is 5.84. The van der Waals surface area contributed by atoms with E-state index >= 15 is 0 Å². The largest absolute Gasteiger partial charge is 0.490 e. The van der Waals surface area contributed by atoms with Gasteiger partial charge in [0.05, 0.1) is 13.2 Å². The molecule has 0 N–H and O–H groups in total. The van der Waals surface area contributed by atoms with E-state index in [0.717, 1.165) is 0 Å². The fourth-order valence-corrected chi connectivity index (χ4v) is 1.63. The minimum atomic E-state index is 0.0176. The number of ether oxygens (including phenoxy) is 2. The van der Waals surface area contributed by atoms with Crippen LogP contribution in [0.4, 0.5) is 0 Å². The topological polar surface area (TPSA) is 35.5 Å². The molecule has 1 aromatic carbocycles. The van der Waals surface area contributed by atoms with E-state index < -0.39 is 0 Å². The number of Topliss-reactive ketones (excluding diaryl/α,β-unsaturated/α-hetero) is 1. The molecule has 0 unspecified atom stereocenters. The molecule has 0 fully saturated rings. The van der Waals surface area contributed by atoms with Crippen molar-refractivity contribution in [3.8, 4) is 11.5 Å². The van der Waals surface area contributed by atoms with Crippen LogP contribution in [0.15, 0.2) is 18.2 Å². The summed E-state index contributed by atoms with van der Waals surface area (Å²) >= 11 is 5.55. The highest BCUT2D eigenvalue weighted by Crippen LogP contribution is 2.28. The summed E-state index contributed by atoms with van der Waals surface area (Å²) in [4.78, 5) is 11.7. The number of benzene rings is 1. The van der Waals surface area contributed by atoms with Crippen LogP contribution in [0.1, 0.15) is 30.6 Å². The van der Waals surface area contributed by atoms with Crippen molar-refractivity contribution < 1.29 is 14.3 Å². The number of alkyl halides is 1. The lowest BCUT2D eigenvalue weighted by Gasteiger charge is -2.11. The number of carbonyl (C=O) groups is 1. The van der Waals surface area contributed by atoms with Crippen LogP contribution in [0.25, 0.3) is 0 Å². The monoisotopic (exact) mass is 256 g/mol. The first kappa shape index (κ1) is 13.8. The Balaban J connectivity index is 2.95. The number of halogens is 1. The predicted octanol–water partition coefficient (Wildman–Crippen LogP) is 3.30. The van der Waals surface area contributed by atoms with Crippen LogP contribution in [-0.2, 0) is 0 Å². The normalized spacial score (nSPS) is 10.1. The lowest BCUT2D eigenvalue weighted by molar-refractivity contribution is 0.0988. The molecule has 0 aromatic heterocycles. The van der Waals surface area contributed by atoms with E-state index in [4.69, 9.17) is 21.1 Å². The van der Waals surface area contributed by atoms with Crippen molar-refractivity contribution in [1.29, 1.82) is 0 Å². The van der Waals surface area contributed by atoms with Crippen LogP contribution in [0, 0.1) is 0 Å². The zero-order valence-corrected chi connectivity index (χ0v) is 10.9. The molecule has 4 heteroatoms. The molecule has 3 nitrogen and oxygen atoms in total. The van der Waals surface area contributed by atoms with E-state index in [9.17, 15) is 4.79 Å². The number of hydrogen-bond donors (Lipinski definition) is 0. The van der Waals surface area contributed by atoms with Crippen LogP contribution >= 0.6 is 11.6 Å². The SMILES string of the molecule is CCOc1ccc(C(=O)CCCl)cc1OCC. The summed E-state index contributed by atoms with van der Waals surface area (Å²) in [5.74, 6) is 1.62. The molecule has 0 amide bonds. The van der Waals surface area contributed by atoms with Crippen molar-refractivity contribution in [3.63, 3.8) is 0 Å². The van der Waals surface area contributed by atoms with Gasteiger partial charge in [-0.3, -0.25) is 4.79 Å². The van der Waals surface area contributed by atoms with E-state index in [1.54, 1.807) is 18.2 Å². The Morgan fingerprint density at radius 1 is 1.18 bits per heavy atom. The zero-order valence-electron chi connectivity index (χ0n) is 10.2. The molecule has 0 aliphatic rings. The molecule has 0 radical (unpaired) electrons. The third kappa shape index (κ3) is 3.93. The Bertz CT molecular complexity index is 377. The molecule has 0 heterocycles. The molecular weight excluding hydrogens is 240 g/mol. The Hall–Kier alpha value is -1.22. The van der Waals surface area contributed by atoms with E-state index in [2.05, 4.69) is 0 Å². The molecule has 1 rings (SSSR count). The van der Waals surface area contributed by atoms with Crippen molar-refractivity contribution in [1.82, 2.24) is 0 Å². The van der Waals surface area contributed by atoms with Gasteiger partial charge in [0.1, 0.15) is 0 Å². The maximum absolute atomic E-state index is 11.7. The number of hydrogen-bond acceptors (Lipinski definition) is 3. The molecule has 0 saturated carbocycles. The number of ketones is 1. The van der Waals surface area contributed by atoms with E-state index in [1.807, 2.05) is 13.8 Å². The molecular formula is C13H17ClO3. The quantitative estimate of drug-likeness (QED) is 0.555. The van der Waals surface area contributed by atoms with Gasteiger partial charge in [0.15, 0.2) is 17.3 Å². The summed E-state index contributed by atoms with van der Waals surface area (Å²) in [5, 5.41) is 0. The summed E-state index contributed by atoms with van der Waals surface area (Å²) in [7, 11) is 0. The van der Waals surface area contributed by atoms with Gasteiger partial charge in [-0.2, -0.15) is 0 Å². The molecule has 0 atom stereocenters. The van der Waals surface area contributed by atoms with E-state index in [0.29, 0.717) is 42.6 Å². The summed E-state index contributed by atoms with van der Waals surface area (Å²) < 4.78 is 10.9. The maximum atomic E-state index is 11.7. The van der Waals surface area contributed by atoms with Crippen molar-refractivity contribution in [2.45, 2.75) is 20.3 Å². The number of carbonyl (C=O) groups excluding carboxylic acids is 1. The van der Waals surface area contributed by atoms with Gasteiger partial charge in [-0.1, -0.05) is 0 Å². The van der Waals surface area contributed by atoms with Gasteiger partial charge in [-0.05, 0) is 32.0 Å². The highest BCUT2D eigenvalue weighted by Gasteiger charge is 2.10. The van der Waals surface area contributed by atoms with Gasteiger partial charge in [-0.15, -0.1) is 11.6 Å². The summed E-state index contributed by atoms with van der Waals surface area (Å²) in [5.41, 5.74) is 0.609. The van der Waals surface area contributed by atoms with E-state index in [1.165, 1.54) is 0 Å². The minimum Gasteiger partial charge on any atom is -0.490 e. The van der Waals surface area contributed by atoms with Crippen molar-refractivity contribution in [2.75, 3.05) is 19.1 Å². The van der Waals surface area contributed by atoms with Gasteiger partial charge in [0.2, 0.25) is 0 Å². The average Bonchev–Trinajstić information content (AvgIpc) is 2.32. The number of rotatable bonds is 7. The minimum absolute atomic E-state index is 0.0176. The lowest BCUT2D eigenvalue weighted by atomic mass is 10.1. The highest BCUT2D eigenvalue weighted by atomic mass is 35.5. The molecule has 17 heavy (non-hydrogen) atoms. The first-order chi connectivity index (χ1) is 8.22. The Morgan fingerprint density at radius 2 is 1.82 bits per heavy atom. The van der Waals surface area contributed by atoms with Crippen molar-refractivity contribution in [3.05, 3.63) is 23.8 Å². The second-order valence-electron chi connectivity index (χ2n) is 3.39. The zero-order chi connectivity index (χ0) is 12.7. The fraction of sp³-hybridized carbons (Fsp3) is 0.462. The molecule has 0 bridgehead atoms. The van der Waals surface area contributed by atoms with Gasteiger partial charge >= 0.3 is 0 Å². The van der Waals surface area contributed by atoms with Crippen LogP contribution in [-0.4, -0.2) is 24.9 Å². The smallest absolute Gasteiger partial charge is 0.164 e. The Morgan fingerprint density at radius 3 is 2.41 bits per heavy atom. The van der Waals surface area contributed by atoms with Gasteiger partial charge in [0, 0.05) is 17.9 Å². The Labute approximate surface area is 107 Å². The lowest BCUT2D eigenvalue weighted by Crippen LogP contribution is -2.03. The molecule has 1 aromatic rings. The average molecular weight is 257 g/mol. The van der Waals surface area contributed by atoms with Gasteiger partial charge in [-0.25, -0.2) is 0 Å². The van der Waals surface area contributed by atoms with Crippen molar-refractivity contribution >= 4 is 17.4 Å². The maximum Gasteiger partial charge on any atom is 0.164 e. The molecule has 0 aliphatic carbocycles. The first-order valence-corrected chi connectivity index (χ1v) is 6.25. The van der Waals surface area contributed by atoms with Crippen molar-refractivity contribution in [2.24, 2.45) is 0 Å². The predicted molar refractivity (Wildman–Crippen MR) is 68.4 cm³/mol. The molecule has 0 saturated heterocycles. The van der Waals surface area contributed by atoms with Crippen LogP contribution in [0.3, 0.4) is 0 Å². The third-order valence-electron chi connectivity index (χ3n) is 2.19.